The zero-order valence-electron chi connectivity index (χ0n) is 10.1. The zero-order chi connectivity index (χ0) is 12.7. The lowest BCUT2D eigenvalue weighted by atomic mass is 9.96. The van der Waals surface area contributed by atoms with Gasteiger partial charge in [0, 0.05) is 33.7 Å². The van der Waals surface area contributed by atoms with Gasteiger partial charge in [-0.25, -0.2) is 0 Å². The van der Waals surface area contributed by atoms with Crippen LogP contribution in [0.2, 0.25) is 0 Å². The van der Waals surface area contributed by atoms with Gasteiger partial charge in [-0.15, -0.1) is 0 Å². The fraction of sp³-hybridized carbons (Fsp3) is 0.357. The lowest BCUT2D eigenvalue weighted by molar-refractivity contribution is 0.0581. The molecule has 1 saturated heterocycles. The molecule has 18 heavy (non-hydrogen) atoms. The van der Waals surface area contributed by atoms with Crippen molar-refractivity contribution in [2.75, 3.05) is 6.61 Å². The summed E-state index contributed by atoms with van der Waals surface area (Å²) in [5.74, 6) is 0.388. The molecule has 3 nitrogen and oxygen atoms in total. The van der Waals surface area contributed by atoms with E-state index in [9.17, 15) is 4.79 Å². The van der Waals surface area contributed by atoms with Crippen LogP contribution in [-0.4, -0.2) is 23.5 Å². The van der Waals surface area contributed by atoms with Crippen molar-refractivity contribution in [2.24, 2.45) is 5.92 Å². The molecule has 4 heteroatoms. The number of halogens is 1. The number of nitrogens with one attached hydrogen (secondary N) is 1. The van der Waals surface area contributed by atoms with E-state index in [1.54, 1.807) is 6.20 Å². The molecule has 2 aromatic rings. The van der Waals surface area contributed by atoms with Gasteiger partial charge < -0.3 is 9.72 Å². The van der Waals surface area contributed by atoms with Crippen molar-refractivity contribution in [1.82, 2.24) is 4.98 Å². The standard InChI is InChI=1S/C14H14BrNO2/c1-8-4-5-18-14(8)13(17)11-7-16-12-3-2-9(15)6-10(11)12/h2-3,6-8,14,16H,4-5H2,1H3. The maximum absolute atomic E-state index is 12.5. The monoisotopic (exact) mass is 307 g/mol. The maximum atomic E-state index is 12.5. The lowest BCUT2D eigenvalue weighted by Crippen LogP contribution is -2.24. The zero-order valence-corrected chi connectivity index (χ0v) is 11.7. The number of aromatic amines is 1. The molecule has 2 unspecified atom stereocenters. The topological polar surface area (TPSA) is 42.1 Å². The van der Waals surface area contributed by atoms with E-state index in [2.05, 4.69) is 27.8 Å². The van der Waals surface area contributed by atoms with Crippen molar-refractivity contribution in [1.29, 1.82) is 0 Å². The van der Waals surface area contributed by atoms with Crippen LogP contribution in [0, 0.1) is 5.92 Å². The summed E-state index contributed by atoms with van der Waals surface area (Å²) in [4.78, 5) is 15.6. The number of carbonyl (C=O) groups is 1. The first-order valence-corrected chi connectivity index (χ1v) is 6.88. The van der Waals surface area contributed by atoms with Gasteiger partial charge in [0.25, 0.3) is 0 Å². The number of carbonyl (C=O) groups excluding carboxylic acids is 1. The van der Waals surface area contributed by atoms with E-state index in [4.69, 9.17) is 4.74 Å². The Hall–Kier alpha value is -1.13. The molecule has 1 aliphatic rings. The first-order chi connectivity index (χ1) is 8.66. The molecule has 0 saturated carbocycles. The minimum absolute atomic E-state index is 0.0874. The third kappa shape index (κ3) is 1.89. The fourth-order valence-electron chi connectivity index (χ4n) is 2.48. The highest BCUT2D eigenvalue weighted by Crippen LogP contribution is 2.28. The summed E-state index contributed by atoms with van der Waals surface area (Å²) < 4.78 is 6.53. The Balaban J connectivity index is 2.03. The minimum atomic E-state index is -0.289. The second-order valence-electron chi connectivity index (χ2n) is 4.81. The van der Waals surface area contributed by atoms with Gasteiger partial charge in [-0.2, -0.15) is 0 Å². The average molecular weight is 308 g/mol. The van der Waals surface area contributed by atoms with Crippen LogP contribution in [0.5, 0.6) is 0 Å². The van der Waals surface area contributed by atoms with Crippen LogP contribution in [0.1, 0.15) is 23.7 Å². The summed E-state index contributed by atoms with van der Waals surface area (Å²) in [6, 6.07) is 5.90. The summed E-state index contributed by atoms with van der Waals surface area (Å²) in [7, 11) is 0. The van der Waals surface area contributed by atoms with Crippen molar-refractivity contribution in [2.45, 2.75) is 19.4 Å². The molecule has 94 valence electrons. The van der Waals surface area contributed by atoms with Gasteiger partial charge in [-0.1, -0.05) is 22.9 Å². The second kappa shape index (κ2) is 4.52. The third-order valence-corrected chi connectivity index (χ3v) is 4.05. The molecule has 1 aromatic heterocycles. The molecule has 0 amide bonds. The van der Waals surface area contributed by atoms with Gasteiger partial charge >= 0.3 is 0 Å². The molecule has 0 bridgehead atoms. The number of ether oxygens (including phenoxy) is 1. The van der Waals surface area contributed by atoms with Crippen LogP contribution < -0.4 is 0 Å². The minimum Gasteiger partial charge on any atom is -0.370 e. The van der Waals surface area contributed by atoms with E-state index in [0.29, 0.717) is 12.5 Å². The molecule has 2 atom stereocenters. The van der Waals surface area contributed by atoms with Crippen LogP contribution in [-0.2, 0) is 4.74 Å². The molecule has 3 rings (SSSR count). The van der Waals surface area contributed by atoms with E-state index < -0.39 is 0 Å². The van der Waals surface area contributed by atoms with Gasteiger partial charge in [0.2, 0.25) is 0 Å². The number of hydrogen-bond donors (Lipinski definition) is 1. The van der Waals surface area contributed by atoms with Crippen LogP contribution in [0.25, 0.3) is 10.9 Å². The number of H-pyrrole nitrogens is 1. The summed E-state index contributed by atoms with van der Waals surface area (Å²) in [6.07, 6.45) is 2.46. The molecule has 1 fully saturated rings. The SMILES string of the molecule is CC1CCOC1C(=O)c1c[nH]c2ccc(Br)cc12. The molecule has 1 N–H and O–H groups in total. The van der Waals surface area contributed by atoms with Crippen LogP contribution in [0.4, 0.5) is 0 Å². The molecule has 0 aliphatic carbocycles. The lowest BCUT2D eigenvalue weighted by Gasteiger charge is -2.12. The van der Waals surface area contributed by atoms with Gasteiger partial charge in [0.15, 0.2) is 5.78 Å². The highest BCUT2D eigenvalue weighted by molar-refractivity contribution is 9.10. The van der Waals surface area contributed by atoms with Crippen LogP contribution >= 0.6 is 15.9 Å². The molecular weight excluding hydrogens is 294 g/mol. The molecule has 1 aliphatic heterocycles. The Morgan fingerprint density at radius 3 is 3.06 bits per heavy atom. The first-order valence-electron chi connectivity index (χ1n) is 6.09. The van der Waals surface area contributed by atoms with Gasteiger partial charge in [0.1, 0.15) is 6.10 Å². The van der Waals surface area contributed by atoms with Crippen molar-refractivity contribution >= 4 is 32.6 Å². The van der Waals surface area contributed by atoms with Crippen LogP contribution in [0.15, 0.2) is 28.9 Å². The van der Waals surface area contributed by atoms with Gasteiger partial charge in [-0.05, 0) is 30.5 Å². The number of fused-ring (bicyclic) bond motifs is 1. The molecule has 1 aromatic carbocycles. The first kappa shape index (κ1) is 11.9. The summed E-state index contributed by atoms with van der Waals surface area (Å²) in [6.45, 7) is 2.75. The highest BCUT2D eigenvalue weighted by Gasteiger charge is 2.32. The Kier molecular flexibility index (Phi) is 2.99. The number of benzene rings is 1. The normalized spacial score (nSPS) is 23.7. The van der Waals surface area contributed by atoms with E-state index in [-0.39, 0.29) is 11.9 Å². The second-order valence-corrected chi connectivity index (χ2v) is 5.73. The molecule has 2 heterocycles. The number of Topliss-reactive ketones (excluding diaryl/α,β-unsaturated/α-hetero) is 1. The van der Waals surface area contributed by atoms with Gasteiger partial charge in [0.05, 0.1) is 0 Å². The third-order valence-electron chi connectivity index (χ3n) is 3.56. The van der Waals surface area contributed by atoms with Crippen molar-refractivity contribution in [3.63, 3.8) is 0 Å². The number of aromatic nitrogens is 1. The number of hydrogen-bond acceptors (Lipinski definition) is 2. The highest BCUT2D eigenvalue weighted by atomic mass is 79.9. The Morgan fingerprint density at radius 1 is 1.50 bits per heavy atom. The average Bonchev–Trinajstić information content (AvgIpc) is 2.94. The Labute approximate surface area is 114 Å². The summed E-state index contributed by atoms with van der Waals surface area (Å²) >= 11 is 3.44. The van der Waals surface area contributed by atoms with Crippen molar-refractivity contribution < 1.29 is 9.53 Å². The fourth-order valence-corrected chi connectivity index (χ4v) is 2.84. The number of ketones is 1. The predicted octanol–water partition coefficient (Wildman–Crippen LogP) is 3.54. The van der Waals surface area contributed by atoms with E-state index in [1.807, 2.05) is 18.2 Å². The maximum Gasteiger partial charge on any atom is 0.193 e. The van der Waals surface area contributed by atoms with Crippen molar-refractivity contribution in [3.05, 3.63) is 34.4 Å². The smallest absolute Gasteiger partial charge is 0.193 e. The number of rotatable bonds is 2. The van der Waals surface area contributed by atoms with E-state index in [0.717, 1.165) is 27.4 Å². The Morgan fingerprint density at radius 2 is 2.33 bits per heavy atom. The van der Waals surface area contributed by atoms with Crippen LogP contribution in [0.3, 0.4) is 0 Å². The molecule has 0 spiro atoms. The molecular formula is C14H14BrNO2. The van der Waals surface area contributed by atoms with Crippen molar-refractivity contribution in [3.8, 4) is 0 Å². The van der Waals surface area contributed by atoms with E-state index >= 15 is 0 Å². The predicted molar refractivity (Wildman–Crippen MR) is 73.9 cm³/mol. The molecule has 0 radical (unpaired) electrons. The summed E-state index contributed by atoms with van der Waals surface area (Å²) in [5.41, 5.74) is 1.71. The van der Waals surface area contributed by atoms with Gasteiger partial charge in [-0.3, -0.25) is 4.79 Å². The quantitative estimate of drug-likeness (QED) is 0.862. The largest absolute Gasteiger partial charge is 0.370 e. The summed E-state index contributed by atoms with van der Waals surface area (Å²) in [5, 5.41) is 0.956. The van der Waals surface area contributed by atoms with E-state index in [1.165, 1.54) is 0 Å². The Bertz CT molecular complexity index is 605.